The van der Waals surface area contributed by atoms with E-state index in [0.717, 1.165) is 33.4 Å². The number of fused-ring (bicyclic) bond motifs is 2. The predicted molar refractivity (Wildman–Crippen MR) is 211 cm³/mol. The number of aliphatic carboxylic acids is 2. The van der Waals surface area contributed by atoms with E-state index in [0.29, 0.717) is 91.9 Å². The number of hydrogen-bond donors (Lipinski definition) is 0. The fraction of sp³-hybridized carbons (Fsp3) is 0.422. The maximum absolute atomic E-state index is 12.9. The minimum absolute atomic E-state index is 0.134. The number of quaternary nitrogens is 2. The topological polar surface area (TPSA) is 126 Å². The summed E-state index contributed by atoms with van der Waals surface area (Å²) in [5.74, 6) is 1.10. The van der Waals surface area contributed by atoms with Gasteiger partial charge in [0, 0.05) is 44.1 Å². The van der Waals surface area contributed by atoms with Gasteiger partial charge in [0.05, 0.1) is 66.0 Å². The zero-order valence-electron chi connectivity index (χ0n) is 33.7. The molecular formula is C45H51ClN2O9. The Labute approximate surface area is 339 Å². The summed E-state index contributed by atoms with van der Waals surface area (Å²) in [4.78, 5) is 25.7. The molecule has 0 fully saturated rings. The molecule has 6 atom stereocenters. The minimum Gasteiger partial charge on any atom is -0.544 e. The van der Waals surface area contributed by atoms with Crippen LogP contribution in [0.2, 0.25) is 5.02 Å². The van der Waals surface area contributed by atoms with Crippen molar-refractivity contribution in [2.45, 2.75) is 76.5 Å². The average Bonchev–Trinajstić information content (AvgIpc) is 3.18. The summed E-state index contributed by atoms with van der Waals surface area (Å²) in [5.41, 5.74) is 5.56. The van der Waals surface area contributed by atoms with E-state index in [9.17, 15) is 19.8 Å². The Bertz CT molecular complexity index is 2190. The zero-order valence-corrected chi connectivity index (χ0v) is 34.4. The standard InChI is InChI=1S/C45H51ClN2O9/c1-8-32(44(49)50)47(3)18-16-28-23-37(54-6)39-25-31(28)34(47)20-26-10-13-30(14-11-26)56-38-22-27(12-15-36(38)53-5)21-35-41-29(24-40(55-7)42(46)43(41)57-39)17-19-48(35,4)33(9-2)45(51)52/h10-15,22-25,32-35H,8-9,16-21H2,1-7H3. The van der Waals surface area contributed by atoms with Crippen LogP contribution in [0.5, 0.6) is 40.2 Å². The highest BCUT2D eigenvalue weighted by Gasteiger charge is 2.48. The van der Waals surface area contributed by atoms with Crippen LogP contribution in [0.15, 0.2) is 60.7 Å². The molecule has 11 nitrogen and oxygen atoms in total. The van der Waals surface area contributed by atoms with Crippen LogP contribution in [0.1, 0.15) is 72.2 Å². The third-order valence-corrected chi connectivity index (χ3v) is 13.3. The van der Waals surface area contributed by atoms with Crippen molar-refractivity contribution >= 4 is 23.5 Å². The summed E-state index contributed by atoms with van der Waals surface area (Å²) in [6, 6.07) is 17.1. The molecule has 0 radical (unpaired) electrons. The Hall–Kier alpha value is -4.97. The summed E-state index contributed by atoms with van der Waals surface area (Å²) in [5, 5.41) is 26.0. The Morgan fingerprint density at radius 2 is 1.26 bits per heavy atom. The lowest BCUT2D eigenvalue weighted by atomic mass is 9.83. The van der Waals surface area contributed by atoms with E-state index in [-0.39, 0.29) is 20.0 Å². The second-order valence-electron chi connectivity index (χ2n) is 15.9. The van der Waals surface area contributed by atoms with Gasteiger partial charge in [0.25, 0.3) is 0 Å². The maximum atomic E-state index is 12.9. The third-order valence-electron chi connectivity index (χ3n) is 13.0. The summed E-state index contributed by atoms with van der Waals surface area (Å²) in [7, 11) is 8.71. The van der Waals surface area contributed by atoms with Crippen molar-refractivity contribution in [3.63, 3.8) is 0 Å². The van der Waals surface area contributed by atoms with Crippen LogP contribution in [-0.2, 0) is 35.3 Å². The number of ether oxygens (including phenoxy) is 5. The van der Waals surface area contributed by atoms with E-state index >= 15 is 0 Å². The molecule has 0 saturated heterocycles. The predicted octanol–water partition coefficient (Wildman–Crippen LogP) is 5.89. The lowest BCUT2D eigenvalue weighted by Gasteiger charge is -2.51. The van der Waals surface area contributed by atoms with Gasteiger partial charge in [0.1, 0.15) is 40.7 Å². The molecule has 0 amide bonds. The number of benzene rings is 4. The quantitative estimate of drug-likeness (QED) is 0.191. The Morgan fingerprint density at radius 1 is 0.719 bits per heavy atom. The summed E-state index contributed by atoms with van der Waals surface area (Å²) in [6.07, 6.45) is 2.80. The molecule has 6 unspecified atom stereocenters. The van der Waals surface area contributed by atoms with Gasteiger partial charge in [0.2, 0.25) is 0 Å². The Kier molecular flexibility index (Phi) is 11.1. The van der Waals surface area contributed by atoms with Crippen molar-refractivity contribution in [1.29, 1.82) is 0 Å². The van der Waals surface area contributed by atoms with Crippen molar-refractivity contribution in [3.05, 3.63) is 99.1 Å². The van der Waals surface area contributed by atoms with Gasteiger partial charge >= 0.3 is 0 Å². The van der Waals surface area contributed by atoms with Crippen molar-refractivity contribution < 1.29 is 52.5 Å². The summed E-state index contributed by atoms with van der Waals surface area (Å²) >= 11 is 7.29. The van der Waals surface area contributed by atoms with E-state index in [4.69, 9.17) is 35.3 Å². The number of carboxylic acids is 2. The number of methoxy groups -OCH3 is 3. The van der Waals surface area contributed by atoms with E-state index in [1.807, 2.05) is 88.6 Å². The number of carbonyl (C=O) groups excluding carboxylic acids is 2. The number of nitrogens with zero attached hydrogens (tertiary/aromatic N) is 2. The number of likely N-dealkylation sites (N-methyl/N-ethyl adjacent to an activating group) is 2. The largest absolute Gasteiger partial charge is 0.544 e. The second kappa shape index (κ2) is 15.8. The van der Waals surface area contributed by atoms with E-state index in [1.54, 1.807) is 21.3 Å². The van der Waals surface area contributed by atoms with Gasteiger partial charge in [-0.15, -0.1) is 0 Å². The molecular weight excluding hydrogens is 748 g/mol. The minimum atomic E-state index is -1.13. The molecule has 0 N–H and O–H groups in total. The molecule has 8 rings (SSSR count). The van der Waals surface area contributed by atoms with E-state index in [1.165, 1.54) is 0 Å². The normalized spacial score (nSPS) is 23.4. The van der Waals surface area contributed by atoms with Crippen LogP contribution in [0.4, 0.5) is 0 Å². The van der Waals surface area contributed by atoms with Crippen LogP contribution in [-0.4, -0.2) is 81.5 Å². The van der Waals surface area contributed by atoms with Gasteiger partial charge < -0.3 is 52.5 Å². The third kappa shape index (κ3) is 7.04. The van der Waals surface area contributed by atoms with Crippen LogP contribution in [0.25, 0.3) is 0 Å². The van der Waals surface area contributed by atoms with Crippen molar-refractivity contribution in [2.75, 3.05) is 48.5 Å². The lowest BCUT2D eigenvalue weighted by Crippen LogP contribution is -2.63. The second-order valence-corrected chi connectivity index (χ2v) is 16.3. The van der Waals surface area contributed by atoms with Crippen molar-refractivity contribution in [3.8, 4) is 40.2 Å². The van der Waals surface area contributed by atoms with Gasteiger partial charge in [-0.25, -0.2) is 0 Å². The van der Waals surface area contributed by atoms with Crippen LogP contribution < -0.4 is 33.9 Å². The van der Waals surface area contributed by atoms with Crippen LogP contribution >= 0.6 is 11.6 Å². The highest BCUT2D eigenvalue weighted by molar-refractivity contribution is 6.33. The number of halogens is 1. The molecule has 302 valence electrons. The summed E-state index contributed by atoms with van der Waals surface area (Å²) in [6.45, 7) is 4.85. The monoisotopic (exact) mass is 798 g/mol. The Balaban J connectivity index is 1.53. The van der Waals surface area contributed by atoms with E-state index < -0.39 is 30.1 Å². The zero-order chi connectivity index (χ0) is 40.8. The number of carbonyl (C=O) groups is 2. The lowest BCUT2D eigenvalue weighted by molar-refractivity contribution is -0.958. The first-order valence-corrected chi connectivity index (χ1v) is 20.0. The van der Waals surface area contributed by atoms with Gasteiger partial charge in [-0.05, 0) is 64.7 Å². The molecule has 0 aromatic heterocycles. The molecule has 0 spiro atoms. The fourth-order valence-corrected chi connectivity index (χ4v) is 10.1. The highest BCUT2D eigenvalue weighted by atomic mass is 35.5. The maximum Gasteiger partial charge on any atom is 0.169 e. The first-order valence-electron chi connectivity index (χ1n) is 19.6. The molecule has 4 aliphatic heterocycles. The van der Waals surface area contributed by atoms with Gasteiger partial charge in [-0.1, -0.05) is 43.6 Å². The SMILES string of the molecule is CCC(C(=O)[O-])[N+]1(C)CCc2cc(OC)c3cc2C1Cc1ccc(cc1)Oc1cc(ccc1OC)CC1c2c(cc(OC)c(Cl)c2O3)CC[N+]1(C)C(CC)C(=O)[O-]. The van der Waals surface area contributed by atoms with Crippen molar-refractivity contribution in [1.82, 2.24) is 0 Å². The highest BCUT2D eigenvalue weighted by Crippen LogP contribution is 2.53. The molecule has 4 aliphatic rings. The van der Waals surface area contributed by atoms with E-state index in [2.05, 4.69) is 0 Å². The van der Waals surface area contributed by atoms with Gasteiger partial charge in [-0.2, -0.15) is 0 Å². The molecule has 0 saturated carbocycles. The Morgan fingerprint density at radius 3 is 1.86 bits per heavy atom. The summed E-state index contributed by atoms with van der Waals surface area (Å²) < 4.78 is 31.5. The van der Waals surface area contributed by atoms with Gasteiger partial charge in [0.15, 0.2) is 28.7 Å². The first-order chi connectivity index (χ1) is 27.3. The molecule has 12 heteroatoms. The first kappa shape index (κ1) is 40.2. The smallest absolute Gasteiger partial charge is 0.169 e. The molecule has 4 aromatic carbocycles. The van der Waals surface area contributed by atoms with Crippen molar-refractivity contribution in [2.24, 2.45) is 0 Å². The molecule has 57 heavy (non-hydrogen) atoms. The fourth-order valence-electron chi connectivity index (χ4n) is 9.86. The molecule has 4 aromatic rings. The molecule has 0 aliphatic carbocycles. The number of carboxylic acid groups (broad SMARTS) is 2. The number of rotatable bonds is 9. The van der Waals surface area contributed by atoms with Crippen LogP contribution in [0.3, 0.4) is 0 Å². The molecule has 6 bridgehead atoms. The number of hydrogen-bond acceptors (Lipinski definition) is 9. The van der Waals surface area contributed by atoms with Gasteiger partial charge in [-0.3, -0.25) is 0 Å². The molecule has 4 heterocycles. The average molecular weight is 799 g/mol. The van der Waals surface area contributed by atoms with Crippen LogP contribution in [0, 0.1) is 0 Å².